The number of amides is 2. The van der Waals surface area contributed by atoms with Gasteiger partial charge in [0.2, 0.25) is 5.91 Å². The molecule has 0 radical (unpaired) electrons. The van der Waals surface area contributed by atoms with E-state index in [1.807, 2.05) is 16.8 Å². The molecule has 3 heterocycles. The van der Waals surface area contributed by atoms with Crippen molar-refractivity contribution in [2.45, 2.75) is 32.7 Å². The highest BCUT2D eigenvalue weighted by atomic mass is 32.1. The van der Waals surface area contributed by atoms with Gasteiger partial charge < -0.3 is 10.2 Å². The van der Waals surface area contributed by atoms with E-state index in [9.17, 15) is 9.59 Å². The Balaban J connectivity index is 1.49. The van der Waals surface area contributed by atoms with E-state index >= 15 is 0 Å². The van der Waals surface area contributed by atoms with Gasteiger partial charge in [0.1, 0.15) is 6.04 Å². The molecule has 0 aliphatic carbocycles. The molecule has 5 nitrogen and oxygen atoms in total. The van der Waals surface area contributed by atoms with Crippen LogP contribution in [0.3, 0.4) is 0 Å². The summed E-state index contributed by atoms with van der Waals surface area (Å²) in [4.78, 5) is 32.5. The molecule has 0 bridgehead atoms. The lowest BCUT2D eigenvalue weighted by atomic mass is 10.0. The lowest BCUT2D eigenvalue weighted by Gasteiger charge is -2.22. The number of carbonyl (C=O) groups is 2. The second-order valence-corrected chi connectivity index (χ2v) is 8.79. The number of anilines is 1. The van der Waals surface area contributed by atoms with Crippen LogP contribution in [0.5, 0.6) is 0 Å². The van der Waals surface area contributed by atoms with Crippen LogP contribution >= 0.6 is 22.7 Å². The maximum Gasteiger partial charge on any atom is 0.264 e. The summed E-state index contributed by atoms with van der Waals surface area (Å²) in [6.07, 6.45) is 1.51. The molecule has 2 aromatic heterocycles. The Kier molecular flexibility index (Phi) is 5.28. The molecule has 1 aliphatic heterocycles. The van der Waals surface area contributed by atoms with E-state index in [0.29, 0.717) is 23.0 Å². The highest BCUT2D eigenvalue weighted by Crippen LogP contribution is 2.29. The van der Waals surface area contributed by atoms with E-state index in [2.05, 4.69) is 42.3 Å². The maximum absolute atomic E-state index is 12.8. The van der Waals surface area contributed by atoms with Gasteiger partial charge in [0.15, 0.2) is 5.13 Å². The minimum Gasteiger partial charge on any atom is -0.326 e. The van der Waals surface area contributed by atoms with E-state index in [0.717, 1.165) is 23.2 Å². The monoisotopic (exact) mass is 411 g/mol. The average molecular weight is 412 g/mol. The van der Waals surface area contributed by atoms with Gasteiger partial charge in [0.25, 0.3) is 5.91 Å². The van der Waals surface area contributed by atoms with Gasteiger partial charge in [-0.25, -0.2) is 4.98 Å². The van der Waals surface area contributed by atoms with Gasteiger partial charge in [-0.15, -0.1) is 22.7 Å². The van der Waals surface area contributed by atoms with Crippen molar-refractivity contribution in [1.29, 1.82) is 0 Å². The van der Waals surface area contributed by atoms with Crippen molar-refractivity contribution in [3.8, 4) is 11.3 Å². The zero-order chi connectivity index (χ0) is 19.7. The number of aryl methyl sites for hydroxylation is 2. The van der Waals surface area contributed by atoms with E-state index < -0.39 is 6.04 Å². The minimum absolute atomic E-state index is 0.0668. The summed E-state index contributed by atoms with van der Waals surface area (Å²) in [5.74, 6) is -0.230. The molecule has 2 amide bonds. The van der Waals surface area contributed by atoms with Crippen LogP contribution in [0.15, 0.2) is 41.1 Å². The summed E-state index contributed by atoms with van der Waals surface area (Å²) in [5, 5.41) is 7.32. The molecule has 3 aromatic rings. The largest absolute Gasteiger partial charge is 0.326 e. The van der Waals surface area contributed by atoms with Gasteiger partial charge >= 0.3 is 0 Å². The lowest BCUT2D eigenvalue weighted by Crippen LogP contribution is -2.42. The standard InChI is InChI=1S/C21H21N3O2S2/c1-13-7-8-14(2)15(11-13)16-12-28-21(22-16)23-19(25)17-5-3-9-24(17)20(26)18-6-4-10-27-18/h4,6-8,10-12,17H,3,5,9H2,1-2H3,(H,22,23,25)/t17-/m0/s1. The molecule has 1 aliphatic rings. The maximum atomic E-state index is 12.8. The van der Waals surface area contributed by atoms with Crippen LogP contribution in [0.1, 0.15) is 33.6 Å². The molecule has 7 heteroatoms. The average Bonchev–Trinajstić information content (AvgIpc) is 3.44. The fraction of sp³-hybridized carbons (Fsp3) is 0.286. The first-order chi connectivity index (χ1) is 13.5. The Morgan fingerprint density at radius 2 is 2.07 bits per heavy atom. The topological polar surface area (TPSA) is 62.3 Å². The van der Waals surface area contributed by atoms with Crippen molar-refractivity contribution in [3.05, 3.63) is 57.1 Å². The molecular formula is C21H21N3O2S2. The van der Waals surface area contributed by atoms with E-state index in [-0.39, 0.29) is 11.8 Å². The van der Waals surface area contributed by atoms with Crippen molar-refractivity contribution >= 4 is 39.6 Å². The number of hydrogen-bond donors (Lipinski definition) is 1. The lowest BCUT2D eigenvalue weighted by molar-refractivity contribution is -0.119. The third kappa shape index (κ3) is 3.72. The van der Waals surface area contributed by atoms with Crippen LogP contribution in [0, 0.1) is 13.8 Å². The normalized spacial score (nSPS) is 16.4. The van der Waals surface area contributed by atoms with E-state index in [1.54, 1.807) is 11.0 Å². The molecular weight excluding hydrogens is 390 g/mol. The van der Waals surface area contributed by atoms with E-state index in [4.69, 9.17) is 0 Å². The highest BCUT2D eigenvalue weighted by Gasteiger charge is 2.35. The van der Waals surface area contributed by atoms with Crippen molar-refractivity contribution in [3.63, 3.8) is 0 Å². The first-order valence-corrected chi connectivity index (χ1v) is 11.0. The predicted molar refractivity (Wildman–Crippen MR) is 114 cm³/mol. The SMILES string of the molecule is Cc1ccc(C)c(-c2csc(NC(=O)[C@@H]3CCCN3C(=O)c3cccs3)n2)c1. The summed E-state index contributed by atoms with van der Waals surface area (Å²) >= 11 is 2.81. The molecule has 1 aromatic carbocycles. The molecule has 1 fully saturated rings. The Labute approximate surface area is 172 Å². The molecule has 28 heavy (non-hydrogen) atoms. The Morgan fingerprint density at radius 1 is 1.21 bits per heavy atom. The van der Waals surface area contributed by atoms with Gasteiger partial charge in [-0.2, -0.15) is 0 Å². The summed E-state index contributed by atoms with van der Waals surface area (Å²) in [7, 11) is 0. The molecule has 4 rings (SSSR count). The minimum atomic E-state index is -0.442. The van der Waals surface area contributed by atoms with Crippen LogP contribution in [0.4, 0.5) is 5.13 Å². The van der Waals surface area contributed by atoms with Crippen molar-refractivity contribution < 1.29 is 9.59 Å². The number of thiazole rings is 1. The fourth-order valence-corrected chi connectivity index (χ4v) is 4.87. The van der Waals surface area contributed by atoms with Gasteiger partial charge in [-0.1, -0.05) is 23.8 Å². The van der Waals surface area contributed by atoms with Crippen LogP contribution in [-0.2, 0) is 4.79 Å². The van der Waals surface area contributed by atoms with Crippen molar-refractivity contribution in [2.75, 3.05) is 11.9 Å². The van der Waals surface area contributed by atoms with E-state index in [1.165, 1.54) is 28.2 Å². The molecule has 0 saturated carbocycles. The number of aromatic nitrogens is 1. The molecule has 1 N–H and O–H groups in total. The fourth-order valence-electron chi connectivity index (χ4n) is 3.48. The van der Waals surface area contributed by atoms with Crippen molar-refractivity contribution in [1.82, 2.24) is 9.88 Å². The number of nitrogens with one attached hydrogen (secondary N) is 1. The third-order valence-electron chi connectivity index (χ3n) is 4.95. The van der Waals surface area contributed by atoms with Crippen LogP contribution in [0.25, 0.3) is 11.3 Å². The molecule has 0 unspecified atom stereocenters. The number of benzene rings is 1. The molecule has 0 spiro atoms. The summed E-state index contributed by atoms with van der Waals surface area (Å²) in [6, 6.07) is 9.48. The van der Waals surface area contributed by atoms with Gasteiger partial charge in [-0.3, -0.25) is 9.59 Å². The first-order valence-electron chi connectivity index (χ1n) is 9.21. The van der Waals surface area contributed by atoms with Gasteiger partial charge in [0, 0.05) is 17.5 Å². The first kappa shape index (κ1) is 18.8. The number of thiophene rings is 1. The quantitative estimate of drug-likeness (QED) is 0.675. The Morgan fingerprint density at radius 3 is 2.86 bits per heavy atom. The number of hydrogen-bond acceptors (Lipinski definition) is 5. The summed E-state index contributed by atoms with van der Waals surface area (Å²) < 4.78 is 0. The molecule has 1 atom stereocenters. The Bertz CT molecular complexity index is 1010. The third-order valence-corrected chi connectivity index (χ3v) is 6.57. The zero-order valence-electron chi connectivity index (χ0n) is 15.8. The number of carbonyl (C=O) groups excluding carboxylic acids is 2. The zero-order valence-corrected chi connectivity index (χ0v) is 17.4. The number of likely N-dealkylation sites (tertiary alicyclic amines) is 1. The van der Waals surface area contributed by atoms with Gasteiger partial charge in [-0.05, 0) is 49.8 Å². The summed E-state index contributed by atoms with van der Waals surface area (Å²) in [6.45, 7) is 4.72. The smallest absolute Gasteiger partial charge is 0.264 e. The van der Waals surface area contributed by atoms with Crippen molar-refractivity contribution in [2.24, 2.45) is 0 Å². The molecule has 1 saturated heterocycles. The molecule has 144 valence electrons. The number of nitrogens with zero attached hydrogens (tertiary/aromatic N) is 2. The number of rotatable bonds is 4. The Hall–Kier alpha value is -2.51. The van der Waals surface area contributed by atoms with Gasteiger partial charge in [0.05, 0.1) is 10.6 Å². The van der Waals surface area contributed by atoms with Crippen LogP contribution in [-0.4, -0.2) is 34.3 Å². The van der Waals surface area contributed by atoms with Crippen LogP contribution in [0.2, 0.25) is 0 Å². The summed E-state index contributed by atoms with van der Waals surface area (Å²) in [5.41, 5.74) is 4.26. The second kappa shape index (κ2) is 7.85. The van der Waals surface area contributed by atoms with Crippen LogP contribution < -0.4 is 5.32 Å². The second-order valence-electron chi connectivity index (χ2n) is 6.98. The predicted octanol–water partition coefficient (Wildman–Crippen LogP) is 4.73. The highest BCUT2D eigenvalue weighted by molar-refractivity contribution is 7.14.